The van der Waals surface area contributed by atoms with Gasteiger partial charge in [-0.15, -0.1) is 0 Å². The van der Waals surface area contributed by atoms with E-state index in [1.54, 1.807) is 30.5 Å². The normalized spacial score (nSPS) is 14.1. The van der Waals surface area contributed by atoms with Gasteiger partial charge in [-0.3, -0.25) is 0 Å². The van der Waals surface area contributed by atoms with Crippen molar-refractivity contribution >= 4 is 11.8 Å². The van der Waals surface area contributed by atoms with E-state index in [9.17, 15) is 9.18 Å². The number of carbonyl (C=O) groups excluding carboxylic acids is 1. The molecule has 144 valence electrons. The molecule has 1 aliphatic heterocycles. The van der Waals surface area contributed by atoms with Crippen molar-refractivity contribution in [1.29, 1.82) is 0 Å². The van der Waals surface area contributed by atoms with Crippen molar-refractivity contribution in [1.82, 2.24) is 15.1 Å². The van der Waals surface area contributed by atoms with Crippen molar-refractivity contribution in [2.24, 2.45) is 0 Å². The van der Waals surface area contributed by atoms with E-state index in [4.69, 9.17) is 14.0 Å². The van der Waals surface area contributed by atoms with E-state index in [1.165, 1.54) is 12.1 Å². The number of pyridine rings is 1. The van der Waals surface area contributed by atoms with Crippen LogP contribution in [-0.4, -0.2) is 47.4 Å². The Balaban J connectivity index is 1.43. The number of nitrogens with zero attached hydrogens (tertiary/aromatic N) is 4. The summed E-state index contributed by atoms with van der Waals surface area (Å²) < 4.78 is 28.8. The van der Waals surface area contributed by atoms with E-state index in [-0.39, 0.29) is 18.3 Å². The minimum Gasteiger partial charge on any atom is -0.452 e. The van der Waals surface area contributed by atoms with Gasteiger partial charge in [0, 0.05) is 24.8 Å². The topological polar surface area (TPSA) is 90.6 Å². The monoisotopic (exact) mass is 384 g/mol. The van der Waals surface area contributed by atoms with E-state index < -0.39 is 5.97 Å². The van der Waals surface area contributed by atoms with Crippen LogP contribution in [0.4, 0.5) is 10.2 Å². The molecule has 1 saturated heterocycles. The van der Waals surface area contributed by atoms with Gasteiger partial charge in [0.05, 0.1) is 13.2 Å². The molecular weight excluding hydrogens is 367 g/mol. The summed E-state index contributed by atoms with van der Waals surface area (Å²) >= 11 is 0. The molecule has 1 aliphatic rings. The number of benzene rings is 1. The molecule has 9 heteroatoms. The quantitative estimate of drug-likeness (QED) is 0.620. The van der Waals surface area contributed by atoms with Gasteiger partial charge in [0.15, 0.2) is 6.61 Å². The fourth-order valence-corrected chi connectivity index (χ4v) is 2.82. The second-order valence-corrected chi connectivity index (χ2v) is 6.07. The molecule has 0 aliphatic carbocycles. The second kappa shape index (κ2) is 8.13. The van der Waals surface area contributed by atoms with Crippen molar-refractivity contribution in [2.75, 3.05) is 31.2 Å². The molecule has 0 radical (unpaired) electrons. The number of rotatable bonds is 5. The van der Waals surface area contributed by atoms with Crippen LogP contribution in [0, 0.1) is 5.82 Å². The Labute approximate surface area is 159 Å². The Morgan fingerprint density at radius 1 is 1.18 bits per heavy atom. The van der Waals surface area contributed by atoms with Gasteiger partial charge in [0.25, 0.3) is 5.89 Å². The van der Waals surface area contributed by atoms with Gasteiger partial charge in [-0.2, -0.15) is 4.98 Å². The number of carbonyl (C=O) groups is 1. The molecule has 0 amide bonds. The highest BCUT2D eigenvalue weighted by molar-refractivity contribution is 5.94. The number of anilines is 1. The van der Waals surface area contributed by atoms with Crippen LogP contribution >= 0.6 is 0 Å². The van der Waals surface area contributed by atoms with E-state index >= 15 is 0 Å². The first kappa shape index (κ1) is 18.1. The third-order valence-electron chi connectivity index (χ3n) is 4.21. The summed E-state index contributed by atoms with van der Waals surface area (Å²) in [6.45, 7) is 2.30. The SMILES string of the molecule is O=C(OCc1nc(-c2ccc(F)cc2)no1)c1cccnc1N1CCOCC1. The number of morpholine rings is 1. The Morgan fingerprint density at radius 2 is 1.96 bits per heavy atom. The number of ether oxygens (including phenoxy) is 2. The molecule has 3 heterocycles. The van der Waals surface area contributed by atoms with Gasteiger partial charge in [0.2, 0.25) is 5.82 Å². The Kier molecular flexibility index (Phi) is 5.24. The van der Waals surface area contributed by atoms with Crippen molar-refractivity contribution in [3.8, 4) is 11.4 Å². The summed E-state index contributed by atoms with van der Waals surface area (Å²) in [6, 6.07) is 9.04. The highest BCUT2D eigenvalue weighted by Gasteiger charge is 2.21. The average molecular weight is 384 g/mol. The van der Waals surface area contributed by atoms with Crippen LogP contribution in [0.15, 0.2) is 47.1 Å². The van der Waals surface area contributed by atoms with Crippen LogP contribution < -0.4 is 4.90 Å². The summed E-state index contributed by atoms with van der Waals surface area (Å²) in [5.74, 6) is 0.115. The van der Waals surface area contributed by atoms with Gasteiger partial charge < -0.3 is 18.9 Å². The molecular formula is C19H17FN4O4. The molecule has 1 fully saturated rings. The molecule has 8 nitrogen and oxygen atoms in total. The predicted molar refractivity (Wildman–Crippen MR) is 96.1 cm³/mol. The molecule has 3 aromatic rings. The van der Waals surface area contributed by atoms with Crippen molar-refractivity contribution in [3.05, 3.63) is 59.9 Å². The molecule has 0 spiro atoms. The largest absolute Gasteiger partial charge is 0.452 e. The third kappa shape index (κ3) is 3.99. The fraction of sp³-hybridized carbons (Fsp3) is 0.263. The smallest absolute Gasteiger partial charge is 0.342 e. The van der Waals surface area contributed by atoms with Crippen LogP contribution in [0.3, 0.4) is 0 Å². The summed E-state index contributed by atoms with van der Waals surface area (Å²) in [5.41, 5.74) is 0.965. The van der Waals surface area contributed by atoms with E-state index in [1.807, 2.05) is 4.90 Å². The van der Waals surface area contributed by atoms with Gasteiger partial charge >= 0.3 is 5.97 Å². The summed E-state index contributed by atoms with van der Waals surface area (Å²) in [4.78, 5) is 23.0. The molecule has 28 heavy (non-hydrogen) atoms. The molecule has 1 aromatic carbocycles. The van der Waals surface area contributed by atoms with Gasteiger partial charge in [0.1, 0.15) is 17.2 Å². The van der Waals surface area contributed by atoms with E-state index in [0.717, 1.165) is 0 Å². The van der Waals surface area contributed by atoms with Crippen LogP contribution in [0.25, 0.3) is 11.4 Å². The number of hydrogen-bond acceptors (Lipinski definition) is 8. The molecule has 4 rings (SSSR count). The van der Waals surface area contributed by atoms with Crippen molar-refractivity contribution < 1.29 is 23.2 Å². The third-order valence-corrected chi connectivity index (χ3v) is 4.21. The predicted octanol–water partition coefficient (Wildman–Crippen LogP) is 2.46. The first-order valence-electron chi connectivity index (χ1n) is 8.74. The number of halogens is 1. The van der Waals surface area contributed by atoms with Crippen molar-refractivity contribution in [3.63, 3.8) is 0 Å². The van der Waals surface area contributed by atoms with Crippen LogP contribution in [-0.2, 0) is 16.1 Å². The lowest BCUT2D eigenvalue weighted by Gasteiger charge is -2.28. The maximum absolute atomic E-state index is 13.0. The average Bonchev–Trinajstić information content (AvgIpc) is 3.22. The fourth-order valence-electron chi connectivity index (χ4n) is 2.82. The first-order chi connectivity index (χ1) is 13.7. The van der Waals surface area contributed by atoms with E-state index in [2.05, 4.69) is 15.1 Å². The van der Waals surface area contributed by atoms with E-state index in [0.29, 0.717) is 49.1 Å². The Morgan fingerprint density at radius 3 is 2.75 bits per heavy atom. The number of esters is 1. The lowest BCUT2D eigenvalue weighted by molar-refractivity contribution is 0.0429. The Hall–Kier alpha value is -3.33. The highest BCUT2D eigenvalue weighted by atomic mass is 19.1. The van der Waals surface area contributed by atoms with Crippen LogP contribution in [0.1, 0.15) is 16.2 Å². The lowest BCUT2D eigenvalue weighted by Crippen LogP contribution is -2.37. The van der Waals surface area contributed by atoms with Crippen LogP contribution in [0.5, 0.6) is 0 Å². The first-order valence-corrected chi connectivity index (χ1v) is 8.74. The number of aromatic nitrogens is 3. The Bertz CT molecular complexity index is 955. The van der Waals surface area contributed by atoms with Crippen LogP contribution in [0.2, 0.25) is 0 Å². The maximum Gasteiger partial charge on any atom is 0.342 e. The van der Waals surface area contributed by atoms with Gasteiger partial charge in [-0.05, 0) is 36.4 Å². The highest BCUT2D eigenvalue weighted by Crippen LogP contribution is 2.20. The molecule has 0 saturated carbocycles. The van der Waals surface area contributed by atoms with Gasteiger partial charge in [-0.25, -0.2) is 14.2 Å². The van der Waals surface area contributed by atoms with Gasteiger partial charge in [-0.1, -0.05) is 5.16 Å². The summed E-state index contributed by atoms with van der Waals surface area (Å²) in [6.07, 6.45) is 1.63. The lowest BCUT2D eigenvalue weighted by atomic mass is 10.2. The number of hydrogen-bond donors (Lipinski definition) is 0. The molecule has 0 N–H and O–H groups in total. The maximum atomic E-state index is 13.0. The zero-order valence-electron chi connectivity index (χ0n) is 14.9. The van der Waals surface area contributed by atoms with Crippen molar-refractivity contribution in [2.45, 2.75) is 6.61 Å². The minimum atomic E-state index is -0.531. The minimum absolute atomic E-state index is 0.143. The molecule has 0 unspecified atom stereocenters. The molecule has 0 bridgehead atoms. The molecule has 0 atom stereocenters. The zero-order valence-corrected chi connectivity index (χ0v) is 14.9. The standard InChI is InChI=1S/C19H17FN4O4/c20-14-5-3-13(4-6-14)17-22-16(28-23-17)12-27-19(25)15-2-1-7-21-18(15)24-8-10-26-11-9-24/h1-7H,8-12H2. The summed E-state index contributed by atoms with van der Waals surface area (Å²) in [5, 5.41) is 3.82. The zero-order chi connectivity index (χ0) is 19.3. The molecule has 2 aromatic heterocycles. The second-order valence-electron chi connectivity index (χ2n) is 6.07. The summed E-state index contributed by atoms with van der Waals surface area (Å²) in [7, 11) is 0.